The molecule has 4 nitrogen and oxygen atoms in total. The van der Waals surface area contributed by atoms with E-state index in [1.165, 1.54) is 5.69 Å². The van der Waals surface area contributed by atoms with Crippen LogP contribution in [0.3, 0.4) is 0 Å². The topological polar surface area (TPSA) is 24.3 Å². The average molecular weight is 250 g/mol. The maximum Gasteiger partial charge on any atom is 0.232 e. The van der Waals surface area contributed by atoms with Crippen molar-refractivity contribution in [2.45, 2.75) is 0 Å². The van der Waals surface area contributed by atoms with E-state index < -0.39 is 0 Å². The zero-order valence-corrected chi connectivity index (χ0v) is 10.7. The Hall–Kier alpha value is -2.49. The van der Waals surface area contributed by atoms with Crippen molar-refractivity contribution in [1.29, 1.82) is 0 Å². The molecule has 0 atom stereocenters. The second-order valence-corrected chi connectivity index (χ2v) is 4.77. The maximum atomic E-state index is 4.75. The van der Waals surface area contributed by atoms with Gasteiger partial charge in [0.05, 0.1) is 11.0 Å². The highest BCUT2D eigenvalue weighted by Crippen LogP contribution is 2.32. The second kappa shape index (κ2) is 3.75. The van der Waals surface area contributed by atoms with E-state index in [4.69, 9.17) is 4.98 Å². The highest BCUT2D eigenvalue weighted by atomic mass is 15.7. The third-order valence-electron chi connectivity index (χ3n) is 3.52. The van der Waals surface area contributed by atoms with Crippen LogP contribution in [0.1, 0.15) is 0 Å². The molecule has 0 amide bonds. The summed E-state index contributed by atoms with van der Waals surface area (Å²) in [4.78, 5) is 6.97. The van der Waals surface area contributed by atoms with Gasteiger partial charge in [0.25, 0.3) is 0 Å². The first-order valence-electron chi connectivity index (χ1n) is 6.36. The Bertz CT molecular complexity index is 732. The van der Waals surface area contributed by atoms with Gasteiger partial charge in [-0.25, -0.2) is 9.66 Å². The zero-order chi connectivity index (χ0) is 12.8. The maximum absolute atomic E-state index is 4.75. The van der Waals surface area contributed by atoms with Gasteiger partial charge >= 0.3 is 0 Å². The Kier molecular flexibility index (Phi) is 2.06. The molecule has 4 rings (SSSR count). The highest BCUT2D eigenvalue weighted by Gasteiger charge is 2.27. The molecule has 0 saturated carbocycles. The summed E-state index contributed by atoms with van der Waals surface area (Å²) in [6.07, 6.45) is 0. The Morgan fingerprint density at radius 3 is 2.53 bits per heavy atom. The molecule has 0 N–H and O–H groups in total. The normalized spacial score (nSPS) is 14.2. The van der Waals surface area contributed by atoms with Crippen LogP contribution in [0, 0.1) is 0 Å². The Labute approximate surface area is 111 Å². The van der Waals surface area contributed by atoms with Crippen LogP contribution < -0.4 is 9.91 Å². The lowest BCUT2D eigenvalue weighted by Crippen LogP contribution is -2.29. The number of hydrogen-bond acceptors (Lipinski definition) is 3. The van der Waals surface area contributed by atoms with E-state index in [1.807, 2.05) is 12.1 Å². The molecule has 19 heavy (non-hydrogen) atoms. The first-order chi connectivity index (χ1) is 9.34. The Morgan fingerprint density at radius 1 is 0.947 bits per heavy atom. The van der Waals surface area contributed by atoms with Gasteiger partial charge in [-0.3, -0.25) is 9.91 Å². The lowest BCUT2D eigenvalue weighted by atomic mass is 10.3. The summed E-state index contributed by atoms with van der Waals surface area (Å²) < 4.78 is 2.17. The van der Waals surface area contributed by atoms with Gasteiger partial charge < -0.3 is 0 Å². The van der Waals surface area contributed by atoms with Gasteiger partial charge in [0, 0.05) is 12.7 Å². The summed E-state index contributed by atoms with van der Waals surface area (Å²) in [5, 5.41) is 2.18. The van der Waals surface area contributed by atoms with Crippen LogP contribution >= 0.6 is 0 Å². The molecule has 2 aromatic carbocycles. The van der Waals surface area contributed by atoms with Gasteiger partial charge in [0.15, 0.2) is 0 Å². The van der Waals surface area contributed by atoms with Crippen molar-refractivity contribution in [2.75, 3.05) is 23.6 Å². The molecule has 0 bridgehead atoms. The first kappa shape index (κ1) is 10.4. The minimum atomic E-state index is 0.817. The van der Waals surface area contributed by atoms with Crippen LogP contribution in [0.4, 0.5) is 11.6 Å². The molecule has 2 heterocycles. The largest absolute Gasteiger partial charge is 0.292 e. The van der Waals surface area contributed by atoms with Gasteiger partial charge in [0.2, 0.25) is 5.95 Å². The van der Waals surface area contributed by atoms with E-state index in [1.54, 1.807) is 0 Å². The Balaban J connectivity index is 1.93. The number of fused-ring (bicyclic) bond motifs is 3. The molecular weight excluding hydrogens is 236 g/mol. The van der Waals surface area contributed by atoms with Crippen molar-refractivity contribution in [3.05, 3.63) is 54.6 Å². The number of hydrogen-bond donors (Lipinski definition) is 0. The van der Waals surface area contributed by atoms with E-state index in [2.05, 4.69) is 64.1 Å². The summed E-state index contributed by atoms with van der Waals surface area (Å²) in [6, 6.07) is 18.6. The SMILES string of the molecule is CN1CN(c2ccccc2)c2nc3ccccc3n21. The van der Waals surface area contributed by atoms with E-state index in [0.717, 1.165) is 23.7 Å². The third kappa shape index (κ3) is 1.43. The molecule has 3 aromatic rings. The van der Waals surface area contributed by atoms with Crippen molar-refractivity contribution >= 4 is 22.7 Å². The fourth-order valence-electron chi connectivity index (χ4n) is 2.65. The standard InChI is InChI=1S/C15H14N4/c1-17-11-18(12-7-3-2-4-8-12)15-16-13-9-5-6-10-14(13)19(15)17/h2-10H,11H2,1H3. The number of nitrogens with zero attached hydrogens (tertiary/aromatic N) is 4. The van der Waals surface area contributed by atoms with Crippen molar-refractivity contribution in [1.82, 2.24) is 9.66 Å². The molecule has 1 aromatic heterocycles. The van der Waals surface area contributed by atoms with E-state index in [-0.39, 0.29) is 0 Å². The molecule has 0 fully saturated rings. The fraction of sp³-hybridized carbons (Fsp3) is 0.133. The molecule has 0 saturated heterocycles. The van der Waals surface area contributed by atoms with Gasteiger partial charge in [-0.05, 0) is 24.3 Å². The number of rotatable bonds is 1. The van der Waals surface area contributed by atoms with Crippen LogP contribution in [-0.4, -0.2) is 23.4 Å². The summed E-state index contributed by atoms with van der Waals surface area (Å²) in [6.45, 7) is 0.817. The second-order valence-electron chi connectivity index (χ2n) is 4.77. The van der Waals surface area contributed by atoms with Crippen molar-refractivity contribution in [3.8, 4) is 0 Å². The van der Waals surface area contributed by atoms with E-state index in [9.17, 15) is 0 Å². The molecule has 1 aliphatic heterocycles. The third-order valence-corrected chi connectivity index (χ3v) is 3.52. The van der Waals surface area contributed by atoms with Crippen molar-refractivity contribution < 1.29 is 0 Å². The van der Waals surface area contributed by atoms with Crippen LogP contribution in [0.15, 0.2) is 54.6 Å². The van der Waals surface area contributed by atoms with E-state index in [0.29, 0.717) is 0 Å². The summed E-state index contributed by atoms with van der Waals surface area (Å²) in [5.41, 5.74) is 3.35. The molecule has 0 radical (unpaired) electrons. The summed E-state index contributed by atoms with van der Waals surface area (Å²) in [7, 11) is 2.08. The lowest BCUT2D eigenvalue weighted by Gasteiger charge is -2.17. The number of para-hydroxylation sites is 3. The molecule has 0 aliphatic carbocycles. The van der Waals surface area contributed by atoms with E-state index >= 15 is 0 Å². The summed E-state index contributed by atoms with van der Waals surface area (Å²) in [5.74, 6) is 0.981. The van der Waals surface area contributed by atoms with Gasteiger partial charge in [-0.15, -0.1) is 0 Å². The molecular formula is C15H14N4. The van der Waals surface area contributed by atoms with Crippen molar-refractivity contribution in [3.63, 3.8) is 0 Å². The quantitative estimate of drug-likeness (QED) is 0.663. The fourth-order valence-corrected chi connectivity index (χ4v) is 2.65. The van der Waals surface area contributed by atoms with Crippen LogP contribution in [0.2, 0.25) is 0 Å². The first-order valence-corrected chi connectivity index (χ1v) is 6.36. The predicted octanol–water partition coefficient (Wildman–Crippen LogP) is 2.71. The average Bonchev–Trinajstić information content (AvgIpc) is 2.98. The monoisotopic (exact) mass is 250 g/mol. The minimum absolute atomic E-state index is 0.817. The van der Waals surface area contributed by atoms with Gasteiger partial charge in [-0.1, -0.05) is 30.3 Å². The Morgan fingerprint density at radius 2 is 1.68 bits per heavy atom. The number of anilines is 2. The molecule has 0 spiro atoms. The number of benzene rings is 2. The predicted molar refractivity (Wildman–Crippen MR) is 77.3 cm³/mol. The molecule has 94 valence electrons. The lowest BCUT2D eigenvalue weighted by molar-refractivity contribution is 0.759. The van der Waals surface area contributed by atoms with Crippen molar-refractivity contribution in [2.24, 2.45) is 0 Å². The molecule has 1 aliphatic rings. The summed E-state index contributed by atoms with van der Waals surface area (Å²) >= 11 is 0. The number of aromatic nitrogens is 2. The van der Waals surface area contributed by atoms with Crippen LogP contribution in [0.25, 0.3) is 11.0 Å². The smallest absolute Gasteiger partial charge is 0.232 e. The molecule has 0 unspecified atom stereocenters. The zero-order valence-electron chi connectivity index (χ0n) is 10.7. The van der Waals surface area contributed by atoms with Gasteiger partial charge in [-0.2, -0.15) is 0 Å². The minimum Gasteiger partial charge on any atom is -0.292 e. The van der Waals surface area contributed by atoms with Gasteiger partial charge in [0.1, 0.15) is 6.67 Å². The van der Waals surface area contributed by atoms with Crippen LogP contribution in [-0.2, 0) is 0 Å². The number of imidazole rings is 1. The van der Waals surface area contributed by atoms with Crippen LogP contribution in [0.5, 0.6) is 0 Å². The highest BCUT2D eigenvalue weighted by molar-refractivity contribution is 5.82. The molecule has 4 heteroatoms.